The number of nitrogens with zero attached hydrogens (tertiary/aromatic N) is 3. The largest absolute Gasteiger partial charge is 0.327 e. The minimum atomic E-state index is -0.485. The maximum absolute atomic E-state index is 4.99. The van der Waals surface area contributed by atoms with Crippen LogP contribution in [0.3, 0.4) is 0 Å². The smallest absolute Gasteiger partial charge is 0.140 e. The van der Waals surface area contributed by atoms with Crippen molar-refractivity contribution in [1.29, 1.82) is 0 Å². The van der Waals surface area contributed by atoms with Gasteiger partial charge in [0, 0.05) is 25.0 Å². The highest BCUT2D eigenvalue weighted by atomic mass is 15.1. The lowest BCUT2D eigenvalue weighted by Gasteiger charge is -2.34. The van der Waals surface area contributed by atoms with E-state index in [0.29, 0.717) is 0 Å². The Morgan fingerprint density at radius 3 is 1.68 bits per heavy atom. The molecule has 0 amide bonds. The number of hydrogen-bond donors (Lipinski definition) is 0. The molecule has 0 bridgehead atoms. The average molecular weight is 678 g/mol. The second kappa shape index (κ2) is 12.4. The maximum Gasteiger partial charge on any atom is 0.140 e. The Bertz CT molecular complexity index is 2710. The van der Waals surface area contributed by atoms with Crippen LogP contribution in [0.15, 0.2) is 194 Å². The molecule has 53 heavy (non-hydrogen) atoms. The van der Waals surface area contributed by atoms with Crippen molar-refractivity contribution in [3.8, 4) is 55.9 Å². The van der Waals surface area contributed by atoms with Gasteiger partial charge in [-0.15, -0.1) is 0 Å². The summed E-state index contributed by atoms with van der Waals surface area (Å²) in [4.78, 5) is 9.36. The van der Waals surface area contributed by atoms with E-state index in [0.717, 1.165) is 39.1 Å². The van der Waals surface area contributed by atoms with Crippen molar-refractivity contribution in [2.45, 2.75) is 5.41 Å². The topological polar surface area (TPSA) is 30.7 Å². The van der Waals surface area contributed by atoms with Crippen LogP contribution in [0.5, 0.6) is 0 Å². The van der Waals surface area contributed by atoms with Crippen molar-refractivity contribution < 1.29 is 0 Å². The predicted molar refractivity (Wildman–Crippen MR) is 218 cm³/mol. The number of aryl methyl sites for hydroxylation is 1. The first kappa shape index (κ1) is 30.9. The second-order valence-corrected chi connectivity index (χ2v) is 13.9. The van der Waals surface area contributed by atoms with Gasteiger partial charge in [-0.2, -0.15) is 0 Å². The molecule has 0 spiro atoms. The van der Waals surface area contributed by atoms with Gasteiger partial charge in [0.2, 0.25) is 0 Å². The Kier molecular flexibility index (Phi) is 7.26. The molecule has 2 aromatic heterocycles. The number of pyridine rings is 1. The Hall–Kier alpha value is -6.84. The maximum atomic E-state index is 4.99. The molecule has 0 fully saturated rings. The van der Waals surface area contributed by atoms with Crippen LogP contribution in [-0.2, 0) is 12.5 Å². The van der Waals surface area contributed by atoms with E-state index in [9.17, 15) is 0 Å². The molecule has 250 valence electrons. The molecule has 0 aliphatic heterocycles. The van der Waals surface area contributed by atoms with Crippen molar-refractivity contribution in [1.82, 2.24) is 14.5 Å². The zero-order valence-electron chi connectivity index (χ0n) is 29.3. The lowest BCUT2D eigenvalue weighted by Crippen LogP contribution is -2.28. The highest BCUT2D eigenvalue weighted by Gasteiger charge is 2.46. The van der Waals surface area contributed by atoms with Crippen molar-refractivity contribution in [2.24, 2.45) is 7.05 Å². The first-order chi connectivity index (χ1) is 26.2. The molecule has 3 heteroatoms. The predicted octanol–water partition coefficient (Wildman–Crippen LogP) is 12.0. The molecule has 7 aromatic carbocycles. The lowest BCUT2D eigenvalue weighted by atomic mass is 9.67. The van der Waals surface area contributed by atoms with E-state index in [1.165, 1.54) is 50.1 Å². The highest BCUT2D eigenvalue weighted by molar-refractivity contribution is 5.95. The quantitative estimate of drug-likeness (QED) is 0.175. The van der Waals surface area contributed by atoms with Crippen molar-refractivity contribution in [2.75, 3.05) is 0 Å². The van der Waals surface area contributed by atoms with Gasteiger partial charge in [0.25, 0.3) is 0 Å². The minimum Gasteiger partial charge on any atom is -0.327 e. The Morgan fingerprint density at radius 2 is 1.02 bits per heavy atom. The van der Waals surface area contributed by atoms with Crippen molar-refractivity contribution in [3.05, 3.63) is 217 Å². The average Bonchev–Trinajstić information content (AvgIpc) is 3.73. The summed E-state index contributed by atoms with van der Waals surface area (Å²) in [6.45, 7) is 0. The lowest BCUT2D eigenvalue weighted by molar-refractivity contribution is 0.769. The number of rotatable bonds is 6. The SMILES string of the molecule is Cn1c(-c2ccc(-c3cc4c(cc3-c3ccc(-c5cccnc5)cc3)C(c3ccccc3)(c3ccccc3)c3ccccc3-4)cc2)nc2ccccc21. The first-order valence-corrected chi connectivity index (χ1v) is 18.1. The molecule has 1 aliphatic rings. The second-order valence-electron chi connectivity index (χ2n) is 13.9. The third-order valence-electron chi connectivity index (χ3n) is 11.0. The normalized spacial score (nSPS) is 12.8. The first-order valence-electron chi connectivity index (χ1n) is 18.1. The van der Waals surface area contributed by atoms with E-state index in [1.54, 1.807) is 0 Å². The van der Waals surface area contributed by atoms with E-state index in [4.69, 9.17) is 4.98 Å². The summed E-state index contributed by atoms with van der Waals surface area (Å²) in [6, 6.07) is 66.2. The van der Waals surface area contributed by atoms with Crippen LogP contribution in [-0.4, -0.2) is 14.5 Å². The van der Waals surface area contributed by atoms with Gasteiger partial charge in [-0.3, -0.25) is 4.98 Å². The third-order valence-corrected chi connectivity index (χ3v) is 11.0. The molecular formula is C50H35N3. The van der Waals surface area contributed by atoms with Crippen LogP contribution in [0, 0.1) is 0 Å². The van der Waals surface area contributed by atoms with E-state index < -0.39 is 5.41 Å². The molecule has 0 saturated carbocycles. The van der Waals surface area contributed by atoms with Crippen molar-refractivity contribution >= 4 is 11.0 Å². The summed E-state index contributed by atoms with van der Waals surface area (Å²) in [5, 5.41) is 0. The van der Waals surface area contributed by atoms with Crippen LogP contribution in [0.1, 0.15) is 22.3 Å². The van der Waals surface area contributed by atoms with Gasteiger partial charge < -0.3 is 4.57 Å². The van der Waals surface area contributed by atoms with Crippen molar-refractivity contribution in [3.63, 3.8) is 0 Å². The molecule has 0 saturated heterocycles. The van der Waals surface area contributed by atoms with Gasteiger partial charge in [0.1, 0.15) is 5.82 Å². The van der Waals surface area contributed by atoms with Gasteiger partial charge in [-0.05, 0) is 97.1 Å². The summed E-state index contributed by atoms with van der Waals surface area (Å²) in [5.74, 6) is 0.961. The fourth-order valence-electron chi connectivity index (χ4n) is 8.54. The number of para-hydroxylation sites is 2. The van der Waals surface area contributed by atoms with E-state index in [1.807, 2.05) is 24.5 Å². The van der Waals surface area contributed by atoms with Gasteiger partial charge in [0.15, 0.2) is 0 Å². The Labute approximate surface area is 309 Å². The minimum absolute atomic E-state index is 0.485. The number of benzene rings is 7. The summed E-state index contributed by atoms with van der Waals surface area (Å²) in [7, 11) is 2.09. The summed E-state index contributed by atoms with van der Waals surface area (Å²) in [6.07, 6.45) is 3.74. The van der Waals surface area contributed by atoms with E-state index >= 15 is 0 Å². The zero-order valence-corrected chi connectivity index (χ0v) is 29.3. The van der Waals surface area contributed by atoms with Crippen LogP contribution in [0.4, 0.5) is 0 Å². The molecule has 0 unspecified atom stereocenters. The molecule has 2 heterocycles. The zero-order chi connectivity index (χ0) is 35.4. The molecule has 9 aromatic rings. The molecule has 0 radical (unpaired) electrons. The summed E-state index contributed by atoms with van der Waals surface area (Å²) >= 11 is 0. The van der Waals surface area contributed by atoms with Crippen LogP contribution in [0.2, 0.25) is 0 Å². The Balaban J connectivity index is 1.21. The van der Waals surface area contributed by atoms with E-state index in [2.05, 4.69) is 186 Å². The highest BCUT2D eigenvalue weighted by Crippen LogP contribution is 2.58. The number of hydrogen-bond acceptors (Lipinski definition) is 2. The van der Waals surface area contributed by atoms with Gasteiger partial charge in [-0.25, -0.2) is 4.98 Å². The summed E-state index contributed by atoms with van der Waals surface area (Å²) < 4.78 is 2.18. The Morgan fingerprint density at radius 1 is 0.434 bits per heavy atom. The third kappa shape index (κ3) is 4.89. The fourth-order valence-corrected chi connectivity index (χ4v) is 8.54. The number of fused-ring (bicyclic) bond motifs is 4. The molecule has 0 atom stereocenters. The summed E-state index contributed by atoms with van der Waals surface area (Å²) in [5.41, 5.74) is 17.4. The van der Waals surface area contributed by atoms with Gasteiger partial charge >= 0.3 is 0 Å². The monoisotopic (exact) mass is 677 g/mol. The van der Waals surface area contributed by atoms with E-state index in [-0.39, 0.29) is 0 Å². The molecule has 1 aliphatic carbocycles. The van der Waals surface area contributed by atoms with Crippen LogP contribution < -0.4 is 0 Å². The standard InChI is InChI=1S/C50H35N3/c1-53-48-21-11-10-20-47(48)52-49(53)37-28-26-35(27-29-37)42-31-44-41-18-8-9-19-45(41)50(39-14-4-2-5-15-39,40-16-6-3-7-17-40)46(44)32-43(42)36-24-22-34(23-25-36)38-13-12-30-51-33-38/h2-33H,1H3. The molecule has 3 nitrogen and oxygen atoms in total. The van der Waals surface area contributed by atoms with Gasteiger partial charge in [0.05, 0.1) is 16.4 Å². The molecular weight excluding hydrogens is 643 g/mol. The molecule has 10 rings (SSSR count). The fraction of sp³-hybridized carbons (Fsp3) is 0.0400. The van der Waals surface area contributed by atoms with Crippen LogP contribution >= 0.6 is 0 Å². The molecule has 0 N–H and O–H groups in total. The number of aromatic nitrogens is 3. The number of imidazole rings is 1. The van der Waals surface area contributed by atoms with Gasteiger partial charge in [-0.1, -0.05) is 152 Å². The van der Waals surface area contributed by atoms with Crippen LogP contribution in [0.25, 0.3) is 66.9 Å².